The highest BCUT2D eigenvalue weighted by atomic mass is 35.5. The monoisotopic (exact) mass is 368 g/mol. The van der Waals surface area contributed by atoms with Crippen molar-refractivity contribution in [3.63, 3.8) is 0 Å². The fraction of sp³-hybridized carbons (Fsp3) is 0.0667. The number of hydrazone groups is 1. The van der Waals surface area contributed by atoms with Crippen molar-refractivity contribution in [3.05, 3.63) is 58.6 Å². The first-order chi connectivity index (χ1) is 11.3. The summed E-state index contributed by atoms with van der Waals surface area (Å²) >= 11 is 5.81. The predicted octanol–water partition coefficient (Wildman–Crippen LogP) is 2.36. The Morgan fingerprint density at radius 3 is 2.67 bits per heavy atom. The molecular formula is C15H13ClN2O5S. The molecule has 2 aromatic rings. The van der Waals surface area contributed by atoms with Crippen LogP contribution in [0.4, 0.5) is 0 Å². The lowest BCUT2D eigenvalue weighted by Gasteiger charge is -2.09. The lowest BCUT2D eigenvalue weighted by Crippen LogP contribution is -2.19. The van der Waals surface area contributed by atoms with Gasteiger partial charge in [-0.05, 0) is 24.3 Å². The van der Waals surface area contributed by atoms with Gasteiger partial charge < -0.3 is 9.84 Å². The molecule has 9 heteroatoms. The van der Waals surface area contributed by atoms with E-state index in [1.807, 2.05) is 4.83 Å². The molecule has 7 nitrogen and oxygen atoms in total. The molecule has 0 saturated heterocycles. The van der Waals surface area contributed by atoms with Crippen molar-refractivity contribution in [1.82, 2.24) is 4.83 Å². The van der Waals surface area contributed by atoms with Crippen molar-refractivity contribution >= 4 is 33.8 Å². The minimum atomic E-state index is -4.03. The maximum absolute atomic E-state index is 12.3. The number of rotatable bonds is 6. The summed E-state index contributed by atoms with van der Waals surface area (Å²) in [4.78, 5) is 12.9. The zero-order valence-corrected chi connectivity index (χ0v) is 14.0. The number of aromatic carboxylic acids is 1. The number of nitrogens with zero attached hydrogens (tertiary/aromatic N) is 1. The van der Waals surface area contributed by atoms with E-state index in [1.165, 1.54) is 37.4 Å². The van der Waals surface area contributed by atoms with E-state index in [4.69, 9.17) is 21.4 Å². The molecule has 0 saturated carbocycles. The van der Waals surface area contributed by atoms with E-state index in [1.54, 1.807) is 12.1 Å². The van der Waals surface area contributed by atoms with E-state index in [2.05, 4.69) is 5.10 Å². The van der Waals surface area contributed by atoms with Gasteiger partial charge in [-0.25, -0.2) is 4.79 Å². The van der Waals surface area contributed by atoms with Gasteiger partial charge in [-0.15, -0.1) is 0 Å². The SMILES string of the molecule is COc1ccc(Cl)cc1S(=O)(=O)N/N=C/c1ccccc1C(=O)O. The number of benzene rings is 2. The standard InChI is InChI=1S/C15H13ClN2O5S/c1-23-13-7-6-11(16)8-14(13)24(21,22)18-17-9-10-4-2-3-5-12(10)15(19)20/h2-9,18H,1H3,(H,19,20)/b17-9+. The Morgan fingerprint density at radius 1 is 1.29 bits per heavy atom. The Bertz CT molecular complexity index is 896. The van der Waals surface area contributed by atoms with Gasteiger partial charge in [-0.3, -0.25) is 0 Å². The fourth-order valence-electron chi connectivity index (χ4n) is 1.88. The van der Waals surface area contributed by atoms with Crippen molar-refractivity contribution < 1.29 is 23.1 Å². The van der Waals surface area contributed by atoms with E-state index in [-0.39, 0.29) is 26.8 Å². The van der Waals surface area contributed by atoms with Crippen molar-refractivity contribution in [2.24, 2.45) is 5.10 Å². The van der Waals surface area contributed by atoms with Gasteiger partial charge in [0.25, 0.3) is 10.0 Å². The van der Waals surface area contributed by atoms with Gasteiger partial charge in [-0.2, -0.15) is 18.4 Å². The van der Waals surface area contributed by atoms with E-state index in [9.17, 15) is 13.2 Å². The third kappa shape index (κ3) is 4.03. The number of methoxy groups -OCH3 is 1. The highest BCUT2D eigenvalue weighted by Gasteiger charge is 2.19. The number of nitrogens with one attached hydrogen (secondary N) is 1. The number of carbonyl (C=O) groups is 1. The Kier molecular flexibility index (Phi) is 5.42. The minimum Gasteiger partial charge on any atom is -0.495 e. The molecule has 0 atom stereocenters. The normalized spacial score (nSPS) is 11.4. The maximum atomic E-state index is 12.3. The van der Waals surface area contributed by atoms with E-state index in [0.29, 0.717) is 0 Å². The zero-order valence-electron chi connectivity index (χ0n) is 12.4. The Morgan fingerprint density at radius 2 is 2.00 bits per heavy atom. The number of ether oxygens (including phenoxy) is 1. The second kappa shape index (κ2) is 7.33. The molecule has 0 spiro atoms. The summed E-state index contributed by atoms with van der Waals surface area (Å²) in [5.41, 5.74) is 0.256. The zero-order chi connectivity index (χ0) is 17.7. The molecule has 2 aromatic carbocycles. The highest BCUT2D eigenvalue weighted by Crippen LogP contribution is 2.26. The molecule has 0 unspecified atom stereocenters. The van der Waals surface area contributed by atoms with Crippen LogP contribution in [0.2, 0.25) is 5.02 Å². The molecule has 0 aromatic heterocycles. The first-order valence-corrected chi connectivity index (χ1v) is 8.42. The summed E-state index contributed by atoms with van der Waals surface area (Å²) < 4.78 is 29.6. The number of hydrogen-bond acceptors (Lipinski definition) is 5. The average molecular weight is 369 g/mol. The van der Waals surface area contributed by atoms with E-state index >= 15 is 0 Å². The van der Waals surface area contributed by atoms with Crippen molar-refractivity contribution in [3.8, 4) is 5.75 Å². The van der Waals surface area contributed by atoms with Crippen LogP contribution in [0.1, 0.15) is 15.9 Å². The van der Waals surface area contributed by atoms with Crippen LogP contribution in [0.5, 0.6) is 5.75 Å². The van der Waals surface area contributed by atoms with Gasteiger partial charge in [-0.1, -0.05) is 29.8 Å². The predicted molar refractivity (Wildman–Crippen MR) is 89.3 cm³/mol. The molecule has 0 heterocycles. The van der Waals surface area contributed by atoms with Crippen LogP contribution in [0.15, 0.2) is 52.5 Å². The van der Waals surface area contributed by atoms with Gasteiger partial charge in [0.1, 0.15) is 10.6 Å². The third-order valence-electron chi connectivity index (χ3n) is 2.98. The molecule has 0 amide bonds. The van der Waals surface area contributed by atoms with Gasteiger partial charge >= 0.3 is 5.97 Å². The van der Waals surface area contributed by atoms with E-state index in [0.717, 1.165) is 6.21 Å². The Hall–Kier alpha value is -2.58. The summed E-state index contributed by atoms with van der Waals surface area (Å²) in [6.45, 7) is 0. The molecule has 0 aliphatic carbocycles. The van der Waals surface area contributed by atoms with E-state index < -0.39 is 16.0 Å². The Balaban J connectivity index is 2.29. The highest BCUT2D eigenvalue weighted by molar-refractivity contribution is 7.89. The molecule has 0 fully saturated rings. The molecule has 2 rings (SSSR count). The second-order valence-electron chi connectivity index (χ2n) is 4.54. The molecular weight excluding hydrogens is 356 g/mol. The smallest absolute Gasteiger partial charge is 0.336 e. The van der Waals surface area contributed by atoms with Crippen molar-refractivity contribution in [2.75, 3.05) is 7.11 Å². The quantitative estimate of drug-likeness (QED) is 0.601. The molecule has 0 radical (unpaired) electrons. The summed E-state index contributed by atoms with van der Waals surface area (Å²) in [6, 6.07) is 10.2. The number of sulfonamides is 1. The van der Waals surface area contributed by atoms with Gasteiger partial charge in [0, 0.05) is 10.6 Å². The number of halogens is 1. The first-order valence-electron chi connectivity index (χ1n) is 6.56. The van der Waals surface area contributed by atoms with Crippen LogP contribution in [0.25, 0.3) is 0 Å². The van der Waals surface area contributed by atoms with Crippen LogP contribution >= 0.6 is 11.6 Å². The van der Waals surface area contributed by atoms with Crippen LogP contribution in [0, 0.1) is 0 Å². The number of carboxylic acid groups (broad SMARTS) is 1. The van der Waals surface area contributed by atoms with Crippen LogP contribution < -0.4 is 9.57 Å². The summed E-state index contributed by atoms with van der Waals surface area (Å²) in [5, 5.41) is 12.9. The van der Waals surface area contributed by atoms with Gasteiger partial charge in [0.15, 0.2) is 0 Å². The van der Waals surface area contributed by atoms with Crippen molar-refractivity contribution in [1.29, 1.82) is 0 Å². The molecule has 2 N–H and O–H groups in total. The van der Waals surface area contributed by atoms with Gasteiger partial charge in [0.2, 0.25) is 0 Å². The largest absolute Gasteiger partial charge is 0.495 e. The maximum Gasteiger partial charge on any atom is 0.336 e. The minimum absolute atomic E-state index is 0.000726. The second-order valence-corrected chi connectivity index (χ2v) is 6.61. The summed E-state index contributed by atoms with van der Waals surface area (Å²) in [7, 11) is -2.71. The lowest BCUT2D eigenvalue weighted by molar-refractivity contribution is 0.0696. The summed E-state index contributed by atoms with van der Waals surface area (Å²) in [6.07, 6.45) is 1.11. The molecule has 0 bridgehead atoms. The molecule has 0 aliphatic heterocycles. The number of hydrogen-bond donors (Lipinski definition) is 2. The fourth-order valence-corrected chi connectivity index (χ4v) is 3.10. The van der Waals surface area contributed by atoms with Crippen LogP contribution in [-0.4, -0.2) is 32.8 Å². The first kappa shape index (κ1) is 17.8. The molecule has 126 valence electrons. The molecule has 24 heavy (non-hydrogen) atoms. The van der Waals surface area contributed by atoms with Crippen LogP contribution in [-0.2, 0) is 10.0 Å². The Labute approximate surface area is 143 Å². The third-order valence-corrected chi connectivity index (χ3v) is 4.46. The molecule has 0 aliphatic rings. The lowest BCUT2D eigenvalue weighted by atomic mass is 10.1. The van der Waals surface area contributed by atoms with Gasteiger partial charge in [0.05, 0.1) is 18.9 Å². The van der Waals surface area contributed by atoms with Crippen LogP contribution in [0.3, 0.4) is 0 Å². The topological polar surface area (TPSA) is 105 Å². The number of carboxylic acids is 1. The van der Waals surface area contributed by atoms with Crippen molar-refractivity contribution in [2.45, 2.75) is 4.90 Å². The summed E-state index contributed by atoms with van der Waals surface area (Å²) in [5.74, 6) is -1.04. The average Bonchev–Trinajstić information content (AvgIpc) is 2.55.